The first-order valence-electron chi connectivity index (χ1n) is 12.8. The fourth-order valence-corrected chi connectivity index (χ4v) is 7.16. The van der Waals surface area contributed by atoms with E-state index < -0.39 is 23.3 Å². The van der Waals surface area contributed by atoms with E-state index in [1.54, 1.807) is 42.7 Å². The molecular formula is C28H30N2O6. The van der Waals surface area contributed by atoms with E-state index >= 15 is 0 Å². The lowest BCUT2D eigenvalue weighted by atomic mass is 9.54. The van der Waals surface area contributed by atoms with E-state index in [1.165, 1.54) is 25.0 Å². The molecule has 2 fully saturated rings. The number of phenolic OH excluding ortho intramolecular Hbond substituents is 1. The van der Waals surface area contributed by atoms with Crippen molar-refractivity contribution in [2.45, 2.75) is 55.5 Å². The second-order valence-corrected chi connectivity index (χ2v) is 10.9. The van der Waals surface area contributed by atoms with Gasteiger partial charge in [-0.15, -0.1) is 0 Å². The van der Waals surface area contributed by atoms with E-state index in [2.05, 4.69) is 4.90 Å². The molecule has 2 bridgehead atoms. The van der Waals surface area contributed by atoms with E-state index in [4.69, 9.17) is 9.15 Å². The molecule has 4 atom stereocenters. The van der Waals surface area contributed by atoms with E-state index in [-0.39, 0.29) is 17.4 Å². The quantitative estimate of drug-likeness (QED) is 0.553. The summed E-state index contributed by atoms with van der Waals surface area (Å²) < 4.78 is 11.4. The van der Waals surface area contributed by atoms with Gasteiger partial charge in [0.25, 0.3) is 0 Å². The number of aromatic hydroxyl groups is 1. The molecule has 188 valence electrons. The van der Waals surface area contributed by atoms with Crippen LogP contribution in [0.5, 0.6) is 11.5 Å². The summed E-state index contributed by atoms with van der Waals surface area (Å²) in [6, 6.07) is 4.39. The molecule has 3 aliphatic carbocycles. The molecule has 2 saturated carbocycles. The number of ether oxygens (including phenoxy) is 1. The van der Waals surface area contributed by atoms with Gasteiger partial charge in [-0.1, -0.05) is 6.07 Å². The van der Waals surface area contributed by atoms with Gasteiger partial charge in [-0.05, 0) is 67.4 Å². The van der Waals surface area contributed by atoms with E-state index in [9.17, 15) is 20.1 Å². The van der Waals surface area contributed by atoms with Gasteiger partial charge >= 0.3 is 0 Å². The van der Waals surface area contributed by atoms with Gasteiger partial charge in [-0.25, -0.2) is 0 Å². The molecule has 8 nitrogen and oxygen atoms in total. The molecule has 1 unspecified atom stereocenters. The highest BCUT2D eigenvalue weighted by atomic mass is 16.6. The van der Waals surface area contributed by atoms with Gasteiger partial charge in [0.1, 0.15) is 6.10 Å². The number of nitrogens with zero attached hydrogens (tertiary/aromatic N) is 2. The minimum atomic E-state index is -1.76. The lowest BCUT2D eigenvalue weighted by Gasteiger charge is -2.58. The molecule has 0 saturated heterocycles. The van der Waals surface area contributed by atoms with Crippen LogP contribution in [-0.2, 0) is 10.2 Å². The van der Waals surface area contributed by atoms with Crippen molar-refractivity contribution < 1.29 is 29.3 Å². The number of hydrogen-bond donors (Lipinski definition) is 3. The third-order valence-electron chi connectivity index (χ3n) is 9.01. The van der Waals surface area contributed by atoms with Crippen LogP contribution in [0.25, 0.3) is 6.08 Å². The number of benzene rings is 1. The highest BCUT2D eigenvalue weighted by molar-refractivity contribution is 5.92. The molecule has 3 heterocycles. The second kappa shape index (κ2) is 7.40. The molecule has 8 heteroatoms. The van der Waals surface area contributed by atoms with Crippen LogP contribution in [0, 0.1) is 5.92 Å². The molecular weight excluding hydrogens is 460 g/mol. The summed E-state index contributed by atoms with van der Waals surface area (Å²) in [6.45, 7) is 1.59. The third-order valence-corrected chi connectivity index (χ3v) is 9.01. The van der Waals surface area contributed by atoms with Crippen molar-refractivity contribution in [1.29, 1.82) is 0 Å². The molecule has 36 heavy (non-hydrogen) atoms. The number of amides is 1. The van der Waals surface area contributed by atoms with Gasteiger partial charge in [-0.3, -0.25) is 4.79 Å². The van der Waals surface area contributed by atoms with Crippen molar-refractivity contribution in [2.75, 3.05) is 20.1 Å². The lowest BCUT2D eigenvalue weighted by molar-refractivity contribution is -0.222. The maximum atomic E-state index is 13.2. The smallest absolute Gasteiger partial charge is 0.246 e. The first-order chi connectivity index (χ1) is 17.3. The zero-order valence-corrected chi connectivity index (χ0v) is 20.2. The van der Waals surface area contributed by atoms with Crippen LogP contribution in [0.15, 0.2) is 52.5 Å². The number of furan rings is 1. The van der Waals surface area contributed by atoms with Gasteiger partial charge < -0.3 is 34.3 Å². The van der Waals surface area contributed by atoms with Crippen molar-refractivity contribution in [3.05, 3.63) is 64.8 Å². The highest BCUT2D eigenvalue weighted by Gasteiger charge is 2.72. The monoisotopic (exact) mass is 490 g/mol. The van der Waals surface area contributed by atoms with Gasteiger partial charge in [0, 0.05) is 43.0 Å². The van der Waals surface area contributed by atoms with Crippen LogP contribution in [0.4, 0.5) is 0 Å². The number of hydrogen-bond acceptors (Lipinski definition) is 7. The predicted molar refractivity (Wildman–Crippen MR) is 130 cm³/mol. The maximum absolute atomic E-state index is 13.2. The second-order valence-electron chi connectivity index (χ2n) is 10.9. The van der Waals surface area contributed by atoms with Gasteiger partial charge in [-0.2, -0.15) is 0 Å². The molecule has 2 aliphatic heterocycles. The Balaban J connectivity index is 1.34. The Labute approximate surface area is 209 Å². The Bertz CT molecular complexity index is 1310. The normalized spacial score (nSPS) is 32.0. The molecule has 7 rings (SSSR count). The average Bonchev–Trinajstić information content (AvgIpc) is 3.43. The Hall–Kier alpha value is -3.23. The number of carbonyl (C=O) groups excluding carboxylic acids is 1. The zero-order valence-electron chi connectivity index (χ0n) is 20.2. The molecule has 1 spiro atoms. The fourth-order valence-electron chi connectivity index (χ4n) is 7.16. The van der Waals surface area contributed by atoms with Gasteiger partial charge in [0.05, 0.1) is 24.0 Å². The summed E-state index contributed by atoms with van der Waals surface area (Å²) in [5, 5.41) is 34.8. The third kappa shape index (κ3) is 2.74. The average molecular weight is 491 g/mol. The molecule has 1 amide bonds. The minimum absolute atomic E-state index is 0.0612. The van der Waals surface area contributed by atoms with Crippen LogP contribution in [0.2, 0.25) is 0 Å². The molecule has 5 aliphatic rings. The van der Waals surface area contributed by atoms with E-state index in [0.29, 0.717) is 42.9 Å². The SMILES string of the molecule is CN(C(=O)/C=C/c1ccoc1)[C@@H]1CCC2=C3C(O)c4ccc(O)c5c4[C@@]2(CCN3CC2CC2)[C@@]1(O)O5. The Morgan fingerprint density at radius 3 is 2.86 bits per heavy atom. The van der Waals surface area contributed by atoms with Crippen molar-refractivity contribution in [3.63, 3.8) is 0 Å². The topological polar surface area (TPSA) is 107 Å². The number of rotatable bonds is 5. The van der Waals surface area contributed by atoms with Crippen LogP contribution in [-0.4, -0.2) is 63.0 Å². The van der Waals surface area contributed by atoms with Gasteiger partial charge in [0.15, 0.2) is 11.5 Å². The standard InChI is InChI=1S/C28H30N2O6/c1-29(22(32)9-4-17-10-13-35-15-17)21-8-6-19-24-25(33)18-5-7-20(31)26-23(18)27(19,28(21,34)36-26)11-12-30(24)14-16-2-3-16/h4-5,7,9-10,13,15-16,21,25,31,33-34H,2-3,6,8,11-12,14H2,1H3/b9-4+/t21-,25?,27+,28+/m1/s1. The number of phenols is 1. The summed E-state index contributed by atoms with van der Waals surface area (Å²) in [5.41, 5.74) is 3.09. The molecule has 3 N–H and O–H groups in total. The number of carbonyl (C=O) groups is 1. The summed E-state index contributed by atoms with van der Waals surface area (Å²) in [7, 11) is 1.68. The fraction of sp³-hybridized carbons (Fsp3) is 0.464. The van der Waals surface area contributed by atoms with Crippen LogP contribution >= 0.6 is 0 Å². The van der Waals surface area contributed by atoms with Crippen LogP contribution in [0.1, 0.15) is 54.9 Å². The van der Waals surface area contributed by atoms with Crippen molar-refractivity contribution in [2.24, 2.45) is 5.92 Å². The number of aliphatic hydroxyl groups excluding tert-OH is 1. The van der Waals surface area contributed by atoms with Crippen LogP contribution < -0.4 is 4.74 Å². The van der Waals surface area contributed by atoms with Crippen molar-refractivity contribution in [3.8, 4) is 11.5 Å². The van der Waals surface area contributed by atoms with E-state index in [1.807, 2.05) is 0 Å². The Morgan fingerprint density at radius 2 is 2.11 bits per heavy atom. The summed E-state index contributed by atoms with van der Waals surface area (Å²) in [6.07, 6.45) is 9.54. The molecule has 0 radical (unpaired) electrons. The molecule has 2 aromatic rings. The predicted octanol–water partition coefficient (Wildman–Crippen LogP) is 3.06. The largest absolute Gasteiger partial charge is 0.504 e. The first-order valence-corrected chi connectivity index (χ1v) is 12.8. The lowest BCUT2D eigenvalue weighted by Crippen LogP contribution is -2.70. The van der Waals surface area contributed by atoms with Gasteiger partial charge in [0.2, 0.25) is 11.7 Å². The minimum Gasteiger partial charge on any atom is -0.504 e. The Morgan fingerprint density at radius 1 is 1.28 bits per heavy atom. The number of likely N-dealkylation sites (N-methyl/N-ethyl adjacent to an activating group) is 1. The zero-order chi connectivity index (χ0) is 24.8. The summed E-state index contributed by atoms with van der Waals surface area (Å²) >= 11 is 0. The van der Waals surface area contributed by atoms with E-state index in [0.717, 1.165) is 23.4 Å². The highest BCUT2D eigenvalue weighted by Crippen LogP contribution is 2.68. The Kier molecular flexibility index (Phi) is 4.52. The molecule has 1 aromatic carbocycles. The first kappa shape index (κ1) is 22.0. The van der Waals surface area contributed by atoms with Crippen LogP contribution in [0.3, 0.4) is 0 Å². The molecule has 1 aromatic heterocycles. The summed E-state index contributed by atoms with van der Waals surface area (Å²) in [4.78, 5) is 17.1. The summed E-state index contributed by atoms with van der Waals surface area (Å²) in [5.74, 6) is -1.21. The maximum Gasteiger partial charge on any atom is 0.246 e. The van der Waals surface area contributed by atoms with Crippen molar-refractivity contribution >= 4 is 12.0 Å². The number of aliphatic hydroxyl groups is 2. The van der Waals surface area contributed by atoms with Crippen molar-refractivity contribution in [1.82, 2.24) is 9.80 Å².